The van der Waals surface area contributed by atoms with Gasteiger partial charge in [-0.15, -0.1) is 11.3 Å². The van der Waals surface area contributed by atoms with Crippen molar-refractivity contribution in [3.8, 4) is 0 Å². The normalized spacial score (nSPS) is 18.2. The van der Waals surface area contributed by atoms with Gasteiger partial charge in [0.15, 0.2) is 0 Å². The van der Waals surface area contributed by atoms with Gasteiger partial charge in [-0.25, -0.2) is 0 Å². The van der Waals surface area contributed by atoms with Crippen molar-refractivity contribution in [2.75, 3.05) is 26.8 Å². The monoisotopic (exact) mass is 283 g/mol. The number of aliphatic hydroxyl groups is 1. The number of ether oxygens (including phenoxy) is 1. The molecule has 1 aromatic heterocycles. The van der Waals surface area contributed by atoms with Crippen molar-refractivity contribution in [1.29, 1.82) is 0 Å². The van der Waals surface area contributed by atoms with Gasteiger partial charge in [0.2, 0.25) is 5.91 Å². The molecule has 2 rings (SSSR count). The molecule has 1 N–H and O–H groups in total. The number of rotatable bonds is 5. The number of carbonyl (C=O) groups excluding carboxylic acids is 1. The second kappa shape index (κ2) is 6.50. The Bertz CT molecular complexity index is 399. The summed E-state index contributed by atoms with van der Waals surface area (Å²) in [5, 5.41) is 12.4. The van der Waals surface area contributed by atoms with E-state index in [1.165, 1.54) is 4.88 Å². The fourth-order valence-electron chi connectivity index (χ4n) is 2.31. The van der Waals surface area contributed by atoms with Crippen LogP contribution < -0.4 is 0 Å². The van der Waals surface area contributed by atoms with Crippen molar-refractivity contribution in [3.63, 3.8) is 0 Å². The molecule has 2 heterocycles. The molecule has 0 radical (unpaired) electrons. The molecule has 0 atom stereocenters. The summed E-state index contributed by atoms with van der Waals surface area (Å²) in [5.74, 6) is 0.0910. The molecule has 19 heavy (non-hydrogen) atoms. The summed E-state index contributed by atoms with van der Waals surface area (Å²) in [7, 11) is 1.77. The van der Waals surface area contributed by atoms with Crippen molar-refractivity contribution in [2.24, 2.45) is 0 Å². The van der Waals surface area contributed by atoms with Crippen molar-refractivity contribution in [2.45, 2.75) is 31.3 Å². The van der Waals surface area contributed by atoms with Gasteiger partial charge in [-0.3, -0.25) is 4.79 Å². The van der Waals surface area contributed by atoms with Gasteiger partial charge in [-0.1, -0.05) is 6.07 Å². The minimum absolute atomic E-state index is 0.0910. The first-order chi connectivity index (χ1) is 9.09. The summed E-state index contributed by atoms with van der Waals surface area (Å²) >= 11 is 1.67. The number of amides is 1. The van der Waals surface area contributed by atoms with E-state index >= 15 is 0 Å². The first-order valence-electron chi connectivity index (χ1n) is 6.66. The van der Waals surface area contributed by atoms with E-state index < -0.39 is 5.60 Å². The van der Waals surface area contributed by atoms with Gasteiger partial charge < -0.3 is 14.7 Å². The highest BCUT2D eigenvalue weighted by atomic mass is 32.1. The van der Waals surface area contributed by atoms with Gasteiger partial charge in [0.05, 0.1) is 5.60 Å². The van der Waals surface area contributed by atoms with Crippen LogP contribution in [0.15, 0.2) is 17.5 Å². The average molecular weight is 283 g/mol. The summed E-state index contributed by atoms with van der Waals surface area (Å²) in [5.41, 5.74) is -0.772. The van der Waals surface area contributed by atoms with Gasteiger partial charge in [-0.05, 0) is 17.9 Å². The molecule has 4 nitrogen and oxygen atoms in total. The molecule has 0 aliphatic carbocycles. The van der Waals surface area contributed by atoms with Crippen LogP contribution in [0.1, 0.15) is 24.1 Å². The van der Waals surface area contributed by atoms with Crippen LogP contribution in [0.25, 0.3) is 0 Å². The van der Waals surface area contributed by atoms with E-state index in [2.05, 4.69) is 0 Å². The van der Waals surface area contributed by atoms with Gasteiger partial charge in [0, 0.05) is 50.9 Å². The zero-order valence-corrected chi connectivity index (χ0v) is 12.1. The smallest absolute Gasteiger partial charge is 0.222 e. The van der Waals surface area contributed by atoms with E-state index in [-0.39, 0.29) is 5.91 Å². The minimum atomic E-state index is -0.772. The van der Waals surface area contributed by atoms with E-state index in [0.717, 1.165) is 6.42 Å². The number of likely N-dealkylation sites (N-methyl/N-ethyl adjacent to an activating group) is 1. The second-order valence-electron chi connectivity index (χ2n) is 5.17. The van der Waals surface area contributed by atoms with Crippen molar-refractivity contribution in [3.05, 3.63) is 22.4 Å². The van der Waals surface area contributed by atoms with Crippen molar-refractivity contribution >= 4 is 17.2 Å². The van der Waals surface area contributed by atoms with Gasteiger partial charge in [0.25, 0.3) is 0 Å². The Balaban J connectivity index is 1.78. The Labute approximate surface area is 118 Å². The number of hydrogen-bond donors (Lipinski definition) is 1. The molecule has 0 aromatic carbocycles. The second-order valence-corrected chi connectivity index (χ2v) is 6.20. The lowest BCUT2D eigenvalue weighted by molar-refractivity contribution is -0.136. The van der Waals surface area contributed by atoms with Crippen LogP contribution in [0, 0.1) is 0 Å². The standard InChI is InChI=1S/C14H21NO3S/c1-15(11-14(17)6-8-18-9-7-14)13(16)5-4-12-3-2-10-19-12/h2-3,10,17H,4-9,11H2,1H3. The van der Waals surface area contributed by atoms with Gasteiger partial charge in [0.1, 0.15) is 0 Å². The predicted octanol–water partition coefficient (Wildman–Crippen LogP) is 1.68. The third-order valence-corrected chi connectivity index (χ3v) is 4.48. The quantitative estimate of drug-likeness (QED) is 0.894. The number of hydrogen-bond acceptors (Lipinski definition) is 4. The molecule has 1 fully saturated rings. The largest absolute Gasteiger partial charge is 0.388 e. The van der Waals surface area contributed by atoms with Crippen LogP contribution in [0.5, 0.6) is 0 Å². The number of carbonyl (C=O) groups is 1. The fourth-order valence-corrected chi connectivity index (χ4v) is 3.02. The maximum Gasteiger partial charge on any atom is 0.222 e. The Hall–Kier alpha value is -0.910. The zero-order chi connectivity index (χ0) is 13.7. The maximum absolute atomic E-state index is 12.0. The molecule has 1 aromatic rings. The lowest BCUT2D eigenvalue weighted by atomic mass is 9.94. The Kier molecular flexibility index (Phi) is 4.96. The molecule has 106 valence electrons. The maximum atomic E-state index is 12.0. The molecule has 0 unspecified atom stereocenters. The summed E-state index contributed by atoms with van der Waals surface area (Å²) in [6, 6.07) is 4.04. The lowest BCUT2D eigenvalue weighted by Gasteiger charge is -2.35. The SMILES string of the molecule is CN(CC1(O)CCOCC1)C(=O)CCc1cccs1. The summed E-state index contributed by atoms with van der Waals surface area (Å²) in [6.07, 6.45) is 2.50. The van der Waals surface area contributed by atoms with E-state index in [4.69, 9.17) is 4.74 Å². The Morgan fingerprint density at radius 1 is 1.53 bits per heavy atom. The summed E-state index contributed by atoms with van der Waals surface area (Å²) in [4.78, 5) is 14.9. The summed E-state index contributed by atoms with van der Waals surface area (Å²) in [6.45, 7) is 1.56. The molecule has 5 heteroatoms. The molecule has 0 spiro atoms. The molecular weight excluding hydrogens is 262 g/mol. The molecular formula is C14H21NO3S. The van der Waals surface area contributed by atoms with Crippen LogP contribution in [-0.2, 0) is 16.0 Å². The molecule has 1 amide bonds. The van der Waals surface area contributed by atoms with Gasteiger partial charge >= 0.3 is 0 Å². The average Bonchev–Trinajstić information content (AvgIpc) is 2.89. The summed E-state index contributed by atoms with van der Waals surface area (Å²) < 4.78 is 5.24. The zero-order valence-electron chi connectivity index (χ0n) is 11.3. The van der Waals surface area contributed by atoms with Gasteiger partial charge in [-0.2, -0.15) is 0 Å². The number of thiophene rings is 1. The highest BCUT2D eigenvalue weighted by molar-refractivity contribution is 7.09. The fraction of sp³-hybridized carbons (Fsp3) is 0.643. The predicted molar refractivity (Wildman–Crippen MR) is 75.3 cm³/mol. The van der Waals surface area contributed by atoms with Crippen molar-refractivity contribution in [1.82, 2.24) is 4.90 Å². The van der Waals surface area contributed by atoms with Crippen LogP contribution >= 0.6 is 11.3 Å². The third kappa shape index (κ3) is 4.30. The van der Waals surface area contributed by atoms with Crippen LogP contribution in [0.4, 0.5) is 0 Å². The van der Waals surface area contributed by atoms with Crippen LogP contribution in [0.2, 0.25) is 0 Å². The number of nitrogens with zero attached hydrogens (tertiary/aromatic N) is 1. The molecule has 1 saturated heterocycles. The van der Waals surface area contributed by atoms with Crippen LogP contribution in [0.3, 0.4) is 0 Å². The third-order valence-electron chi connectivity index (χ3n) is 3.55. The topological polar surface area (TPSA) is 49.8 Å². The minimum Gasteiger partial charge on any atom is -0.388 e. The molecule has 1 aliphatic heterocycles. The lowest BCUT2D eigenvalue weighted by Crippen LogP contribution is -2.47. The van der Waals surface area contributed by atoms with Crippen molar-refractivity contribution < 1.29 is 14.6 Å². The molecule has 0 saturated carbocycles. The van der Waals surface area contributed by atoms with E-state index in [1.54, 1.807) is 23.3 Å². The molecule has 1 aliphatic rings. The first-order valence-corrected chi connectivity index (χ1v) is 7.53. The Morgan fingerprint density at radius 2 is 2.26 bits per heavy atom. The first kappa shape index (κ1) is 14.5. The highest BCUT2D eigenvalue weighted by Crippen LogP contribution is 2.21. The van der Waals surface area contributed by atoms with E-state index in [0.29, 0.717) is 39.0 Å². The van der Waals surface area contributed by atoms with E-state index in [1.807, 2.05) is 17.5 Å². The van der Waals surface area contributed by atoms with E-state index in [9.17, 15) is 9.90 Å². The van der Waals surface area contributed by atoms with Crippen LogP contribution in [-0.4, -0.2) is 48.3 Å². The highest BCUT2D eigenvalue weighted by Gasteiger charge is 2.32. The molecule has 0 bridgehead atoms. The Morgan fingerprint density at radius 3 is 2.89 bits per heavy atom. The number of aryl methyl sites for hydroxylation is 1.